The van der Waals surface area contributed by atoms with E-state index < -0.39 is 5.97 Å². The lowest BCUT2D eigenvalue weighted by atomic mass is 9.94. The van der Waals surface area contributed by atoms with Crippen molar-refractivity contribution in [1.29, 1.82) is 0 Å². The zero-order valence-corrected chi connectivity index (χ0v) is 10.1. The number of carboxylic acid groups (broad SMARTS) is 1. The Morgan fingerprint density at radius 1 is 1.19 bits per heavy atom. The van der Waals surface area contributed by atoms with Crippen LogP contribution in [-0.2, 0) is 12.8 Å². The van der Waals surface area contributed by atoms with Gasteiger partial charge in [-0.15, -0.1) is 0 Å². The molecule has 0 saturated carbocycles. The molecule has 0 aromatic heterocycles. The van der Waals surface area contributed by atoms with Crippen molar-refractivity contribution in [2.75, 3.05) is 0 Å². The summed E-state index contributed by atoms with van der Waals surface area (Å²) in [5.41, 5.74) is 2.73. The minimum absolute atomic E-state index is 0.482. The van der Waals surface area contributed by atoms with Gasteiger partial charge >= 0.3 is 5.97 Å². The zero-order chi connectivity index (χ0) is 12.0. The molecule has 2 heteroatoms. The second-order valence-corrected chi connectivity index (χ2v) is 4.10. The number of rotatable bonds is 6. The number of aryl methyl sites for hydroxylation is 1. The predicted molar refractivity (Wildman–Crippen MR) is 66.0 cm³/mol. The van der Waals surface area contributed by atoms with Gasteiger partial charge in [-0.1, -0.05) is 38.8 Å². The molecule has 0 atom stereocenters. The largest absolute Gasteiger partial charge is 0.478 e. The highest BCUT2D eigenvalue weighted by Gasteiger charge is 2.12. The van der Waals surface area contributed by atoms with E-state index in [4.69, 9.17) is 5.11 Å². The number of unbranched alkanes of at least 4 members (excludes halogenated alkanes) is 1. The van der Waals surface area contributed by atoms with E-state index in [1.165, 1.54) is 5.56 Å². The highest BCUT2D eigenvalue weighted by molar-refractivity contribution is 5.89. The first-order valence-corrected chi connectivity index (χ1v) is 6.04. The summed E-state index contributed by atoms with van der Waals surface area (Å²) < 4.78 is 0. The van der Waals surface area contributed by atoms with Gasteiger partial charge in [-0.3, -0.25) is 0 Å². The summed E-state index contributed by atoms with van der Waals surface area (Å²) in [5, 5.41) is 9.14. The summed E-state index contributed by atoms with van der Waals surface area (Å²) in [7, 11) is 0. The van der Waals surface area contributed by atoms with Crippen LogP contribution >= 0.6 is 0 Å². The molecule has 88 valence electrons. The molecule has 0 amide bonds. The van der Waals surface area contributed by atoms with E-state index in [1.54, 1.807) is 6.07 Å². The fourth-order valence-corrected chi connectivity index (χ4v) is 1.98. The number of carboxylic acids is 1. The second kappa shape index (κ2) is 6.31. The lowest BCUT2D eigenvalue weighted by molar-refractivity contribution is 0.0695. The van der Waals surface area contributed by atoms with Crippen LogP contribution in [0.1, 0.15) is 54.6 Å². The quantitative estimate of drug-likeness (QED) is 0.794. The fraction of sp³-hybridized carbons (Fsp3) is 0.500. The van der Waals surface area contributed by atoms with Gasteiger partial charge in [0.2, 0.25) is 0 Å². The van der Waals surface area contributed by atoms with Crippen molar-refractivity contribution in [2.45, 2.75) is 46.0 Å². The minimum atomic E-state index is -0.804. The topological polar surface area (TPSA) is 37.3 Å². The van der Waals surface area contributed by atoms with Crippen molar-refractivity contribution in [3.8, 4) is 0 Å². The Kier molecular flexibility index (Phi) is 5.03. The van der Waals surface area contributed by atoms with Crippen LogP contribution in [0, 0.1) is 0 Å². The Morgan fingerprint density at radius 3 is 2.50 bits per heavy atom. The minimum Gasteiger partial charge on any atom is -0.478 e. The normalized spacial score (nSPS) is 10.4. The maximum Gasteiger partial charge on any atom is 0.335 e. The Balaban J connectivity index is 3.05. The molecular weight excluding hydrogens is 200 g/mol. The number of hydrogen-bond donors (Lipinski definition) is 1. The maximum atomic E-state index is 11.1. The van der Waals surface area contributed by atoms with E-state index in [-0.39, 0.29) is 0 Å². The van der Waals surface area contributed by atoms with Crippen molar-refractivity contribution >= 4 is 5.97 Å². The third kappa shape index (κ3) is 3.09. The average molecular weight is 220 g/mol. The molecule has 0 aliphatic rings. The molecule has 1 N–H and O–H groups in total. The molecule has 0 heterocycles. The summed E-state index contributed by atoms with van der Waals surface area (Å²) in [4.78, 5) is 11.1. The summed E-state index contributed by atoms with van der Waals surface area (Å²) in [6.45, 7) is 4.24. The summed E-state index contributed by atoms with van der Waals surface area (Å²) in [6, 6.07) is 5.63. The Bertz CT molecular complexity index is 356. The molecule has 0 spiro atoms. The Hall–Kier alpha value is -1.31. The third-order valence-electron chi connectivity index (χ3n) is 2.80. The van der Waals surface area contributed by atoms with Crippen LogP contribution in [0.15, 0.2) is 18.2 Å². The van der Waals surface area contributed by atoms with Crippen LogP contribution in [0.5, 0.6) is 0 Å². The van der Waals surface area contributed by atoms with Crippen molar-refractivity contribution in [2.24, 2.45) is 0 Å². The second-order valence-electron chi connectivity index (χ2n) is 4.10. The van der Waals surface area contributed by atoms with Crippen LogP contribution in [0.3, 0.4) is 0 Å². The van der Waals surface area contributed by atoms with E-state index in [0.717, 1.165) is 37.7 Å². The van der Waals surface area contributed by atoms with Gasteiger partial charge in [0.15, 0.2) is 0 Å². The van der Waals surface area contributed by atoms with Gasteiger partial charge in [0.05, 0.1) is 5.56 Å². The summed E-state index contributed by atoms with van der Waals surface area (Å²) in [5.74, 6) is -0.804. The molecule has 0 saturated heterocycles. The molecule has 1 aromatic carbocycles. The van der Waals surface area contributed by atoms with Crippen molar-refractivity contribution in [1.82, 2.24) is 0 Å². The van der Waals surface area contributed by atoms with Crippen LogP contribution in [0.4, 0.5) is 0 Å². The van der Waals surface area contributed by atoms with Gasteiger partial charge in [0.1, 0.15) is 0 Å². The van der Waals surface area contributed by atoms with Gasteiger partial charge in [-0.25, -0.2) is 4.79 Å². The molecule has 1 aromatic rings. The van der Waals surface area contributed by atoms with Gasteiger partial charge < -0.3 is 5.11 Å². The molecular formula is C14H20O2. The van der Waals surface area contributed by atoms with Crippen LogP contribution in [0.2, 0.25) is 0 Å². The molecule has 16 heavy (non-hydrogen) atoms. The Morgan fingerprint density at radius 2 is 1.94 bits per heavy atom. The highest BCUT2D eigenvalue weighted by atomic mass is 16.4. The molecule has 1 rings (SSSR count). The first kappa shape index (κ1) is 12.8. The molecule has 0 bridgehead atoms. The maximum absolute atomic E-state index is 11.1. The van der Waals surface area contributed by atoms with E-state index in [0.29, 0.717) is 5.56 Å². The van der Waals surface area contributed by atoms with Gasteiger partial charge in [0.25, 0.3) is 0 Å². The summed E-state index contributed by atoms with van der Waals surface area (Å²) in [6.07, 6.45) is 5.11. The SMILES string of the molecule is CCCCc1cccc(C(=O)O)c1CCC. The predicted octanol–water partition coefficient (Wildman–Crippen LogP) is 3.68. The third-order valence-corrected chi connectivity index (χ3v) is 2.80. The van der Waals surface area contributed by atoms with Crippen LogP contribution < -0.4 is 0 Å². The fourth-order valence-electron chi connectivity index (χ4n) is 1.98. The van der Waals surface area contributed by atoms with Crippen molar-refractivity contribution in [3.05, 3.63) is 34.9 Å². The van der Waals surface area contributed by atoms with E-state index in [1.807, 2.05) is 6.07 Å². The number of carbonyl (C=O) groups is 1. The van der Waals surface area contributed by atoms with Gasteiger partial charge in [0, 0.05) is 0 Å². The van der Waals surface area contributed by atoms with Crippen molar-refractivity contribution < 1.29 is 9.90 Å². The number of aromatic carboxylic acids is 1. The zero-order valence-electron chi connectivity index (χ0n) is 10.1. The lowest BCUT2D eigenvalue weighted by Gasteiger charge is -2.11. The van der Waals surface area contributed by atoms with Crippen molar-refractivity contribution in [3.63, 3.8) is 0 Å². The Labute approximate surface area is 97.3 Å². The number of benzene rings is 1. The van der Waals surface area contributed by atoms with E-state index >= 15 is 0 Å². The van der Waals surface area contributed by atoms with Crippen LogP contribution in [-0.4, -0.2) is 11.1 Å². The first-order chi connectivity index (χ1) is 7.70. The summed E-state index contributed by atoms with van der Waals surface area (Å²) >= 11 is 0. The molecule has 0 aliphatic heterocycles. The molecule has 0 fully saturated rings. The monoisotopic (exact) mass is 220 g/mol. The smallest absolute Gasteiger partial charge is 0.335 e. The molecule has 0 aliphatic carbocycles. The van der Waals surface area contributed by atoms with E-state index in [9.17, 15) is 4.79 Å². The van der Waals surface area contributed by atoms with E-state index in [2.05, 4.69) is 19.9 Å². The first-order valence-electron chi connectivity index (χ1n) is 6.04. The standard InChI is InChI=1S/C14H20O2/c1-3-5-8-11-9-6-10-13(14(15)16)12(11)7-4-2/h6,9-10H,3-5,7-8H2,1-2H3,(H,15,16). The molecule has 0 unspecified atom stereocenters. The average Bonchev–Trinajstić information content (AvgIpc) is 2.27. The van der Waals surface area contributed by atoms with Gasteiger partial charge in [-0.2, -0.15) is 0 Å². The van der Waals surface area contributed by atoms with Gasteiger partial charge in [-0.05, 0) is 36.5 Å². The van der Waals surface area contributed by atoms with Crippen LogP contribution in [0.25, 0.3) is 0 Å². The number of hydrogen-bond acceptors (Lipinski definition) is 1. The molecule has 0 radical (unpaired) electrons. The molecule has 2 nitrogen and oxygen atoms in total. The highest BCUT2D eigenvalue weighted by Crippen LogP contribution is 2.19. The lowest BCUT2D eigenvalue weighted by Crippen LogP contribution is -2.06.